The van der Waals surface area contributed by atoms with Gasteiger partial charge in [0.25, 0.3) is 0 Å². The van der Waals surface area contributed by atoms with Gasteiger partial charge in [-0.15, -0.1) is 11.3 Å². The molecule has 2 rings (SSSR count). The average Bonchev–Trinajstić information content (AvgIpc) is 2.64. The van der Waals surface area contributed by atoms with Crippen molar-refractivity contribution in [2.24, 2.45) is 5.73 Å². The number of likely N-dealkylation sites (N-methyl/N-ethyl adjacent to an activating group) is 1. The van der Waals surface area contributed by atoms with Gasteiger partial charge in [0.1, 0.15) is 0 Å². The summed E-state index contributed by atoms with van der Waals surface area (Å²) < 4.78 is 0. The highest BCUT2D eigenvalue weighted by Crippen LogP contribution is 2.29. The number of nitrogens with two attached hydrogens (primary N) is 1. The Bertz CT molecular complexity index is 324. The van der Waals surface area contributed by atoms with Crippen molar-refractivity contribution >= 4 is 23.1 Å². The number of thioether (sulfide) groups is 1. The molecule has 0 saturated carbocycles. The van der Waals surface area contributed by atoms with E-state index in [1.807, 2.05) is 11.8 Å². The summed E-state index contributed by atoms with van der Waals surface area (Å²) >= 11 is 3.81. The van der Waals surface area contributed by atoms with E-state index in [-0.39, 0.29) is 6.04 Å². The van der Waals surface area contributed by atoms with Crippen molar-refractivity contribution in [1.29, 1.82) is 0 Å². The lowest BCUT2D eigenvalue weighted by Gasteiger charge is -2.35. The van der Waals surface area contributed by atoms with Crippen LogP contribution in [0.25, 0.3) is 0 Å². The second-order valence-corrected chi connectivity index (χ2v) is 6.21. The van der Waals surface area contributed by atoms with Crippen molar-refractivity contribution in [3.05, 3.63) is 21.9 Å². The Balaban J connectivity index is 2.13. The lowest BCUT2D eigenvalue weighted by molar-refractivity contribution is 0.239. The minimum Gasteiger partial charge on any atom is -0.322 e. The Morgan fingerprint density at radius 3 is 3.00 bits per heavy atom. The smallest absolute Gasteiger partial charge is 0.0558 e. The van der Waals surface area contributed by atoms with Gasteiger partial charge in [-0.05, 0) is 31.0 Å². The topological polar surface area (TPSA) is 29.3 Å². The van der Waals surface area contributed by atoms with Crippen LogP contribution >= 0.6 is 23.1 Å². The molecule has 0 aliphatic carbocycles. The van der Waals surface area contributed by atoms with Crippen LogP contribution in [-0.4, -0.2) is 36.0 Å². The quantitative estimate of drug-likeness (QED) is 0.861. The molecule has 2 unspecified atom stereocenters. The highest BCUT2D eigenvalue weighted by Gasteiger charge is 2.27. The second kappa shape index (κ2) is 4.87. The van der Waals surface area contributed by atoms with E-state index in [0.29, 0.717) is 6.04 Å². The summed E-state index contributed by atoms with van der Waals surface area (Å²) in [4.78, 5) is 3.76. The third-order valence-electron chi connectivity index (χ3n) is 3.06. The molecular formula is C11H18N2S2. The van der Waals surface area contributed by atoms with Crippen molar-refractivity contribution in [2.45, 2.75) is 19.0 Å². The highest BCUT2D eigenvalue weighted by molar-refractivity contribution is 7.99. The van der Waals surface area contributed by atoms with Crippen LogP contribution in [0.15, 0.2) is 11.4 Å². The first kappa shape index (κ1) is 11.5. The molecule has 0 aromatic carbocycles. The number of thiophene rings is 1. The van der Waals surface area contributed by atoms with Gasteiger partial charge in [0.05, 0.1) is 6.04 Å². The van der Waals surface area contributed by atoms with Gasteiger partial charge >= 0.3 is 0 Å². The van der Waals surface area contributed by atoms with Gasteiger partial charge in [-0.2, -0.15) is 11.8 Å². The molecule has 0 bridgehead atoms. The van der Waals surface area contributed by atoms with Gasteiger partial charge in [0, 0.05) is 29.0 Å². The van der Waals surface area contributed by atoms with Gasteiger partial charge in [-0.1, -0.05) is 0 Å². The van der Waals surface area contributed by atoms with Crippen LogP contribution in [0.1, 0.15) is 16.5 Å². The molecule has 1 fully saturated rings. The van der Waals surface area contributed by atoms with Crippen molar-refractivity contribution in [1.82, 2.24) is 4.90 Å². The van der Waals surface area contributed by atoms with Crippen LogP contribution in [0.2, 0.25) is 0 Å². The average molecular weight is 242 g/mol. The van der Waals surface area contributed by atoms with Crippen molar-refractivity contribution in [2.75, 3.05) is 25.1 Å². The normalized spacial score (nSPS) is 25.4. The highest BCUT2D eigenvalue weighted by atomic mass is 32.2. The number of aryl methyl sites for hydroxylation is 1. The number of hydrogen-bond donors (Lipinski definition) is 1. The molecule has 4 heteroatoms. The summed E-state index contributed by atoms with van der Waals surface area (Å²) in [5, 5.41) is 2.14. The standard InChI is InChI=1S/C11H18N2S2/c1-8-3-5-15-11(8)10(12)9-7-14-6-4-13(9)2/h3,5,9-10H,4,6-7,12H2,1-2H3. The molecule has 84 valence electrons. The Kier molecular flexibility index (Phi) is 3.72. The predicted octanol–water partition coefficient (Wildman–Crippen LogP) is 2.10. The van der Waals surface area contributed by atoms with Crippen LogP contribution in [0.5, 0.6) is 0 Å². The molecule has 1 aliphatic rings. The van der Waals surface area contributed by atoms with Gasteiger partial charge < -0.3 is 5.73 Å². The predicted molar refractivity (Wildman–Crippen MR) is 69.7 cm³/mol. The van der Waals surface area contributed by atoms with Crippen LogP contribution in [0.3, 0.4) is 0 Å². The lowest BCUT2D eigenvalue weighted by Crippen LogP contribution is -2.46. The van der Waals surface area contributed by atoms with Gasteiger partial charge in [-0.3, -0.25) is 4.90 Å². The number of nitrogens with zero attached hydrogens (tertiary/aromatic N) is 1. The molecular weight excluding hydrogens is 224 g/mol. The molecule has 0 spiro atoms. The molecule has 1 aliphatic heterocycles. The van der Waals surface area contributed by atoms with E-state index in [2.05, 4.69) is 30.3 Å². The zero-order chi connectivity index (χ0) is 10.8. The van der Waals surface area contributed by atoms with Crippen LogP contribution < -0.4 is 5.73 Å². The Hall–Kier alpha value is -0.0300. The first-order valence-electron chi connectivity index (χ1n) is 5.27. The summed E-state index contributed by atoms with van der Waals surface area (Å²) in [6.45, 7) is 3.31. The number of rotatable bonds is 2. The summed E-state index contributed by atoms with van der Waals surface area (Å²) in [7, 11) is 2.19. The lowest BCUT2D eigenvalue weighted by atomic mass is 10.1. The van der Waals surface area contributed by atoms with E-state index in [4.69, 9.17) is 5.73 Å². The van der Waals surface area contributed by atoms with Crippen LogP contribution in [0.4, 0.5) is 0 Å². The Morgan fingerprint density at radius 1 is 1.60 bits per heavy atom. The van der Waals surface area contributed by atoms with Crippen LogP contribution in [0, 0.1) is 6.92 Å². The van der Waals surface area contributed by atoms with Crippen molar-refractivity contribution < 1.29 is 0 Å². The van der Waals surface area contributed by atoms with E-state index in [9.17, 15) is 0 Å². The molecule has 1 aromatic heterocycles. The monoisotopic (exact) mass is 242 g/mol. The number of hydrogen-bond acceptors (Lipinski definition) is 4. The maximum atomic E-state index is 6.36. The minimum atomic E-state index is 0.183. The SMILES string of the molecule is Cc1ccsc1C(N)C1CSCCN1C. The van der Waals surface area contributed by atoms with Crippen molar-refractivity contribution in [3.63, 3.8) is 0 Å². The third kappa shape index (κ3) is 2.38. The zero-order valence-corrected chi connectivity index (χ0v) is 10.9. The summed E-state index contributed by atoms with van der Waals surface area (Å²) in [5.74, 6) is 2.40. The van der Waals surface area contributed by atoms with Gasteiger partial charge in [0.15, 0.2) is 0 Å². The largest absolute Gasteiger partial charge is 0.322 e. The Labute approximate surface area is 99.8 Å². The van der Waals surface area contributed by atoms with E-state index >= 15 is 0 Å². The van der Waals surface area contributed by atoms with Gasteiger partial charge in [0.2, 0.25) is 0 Å². The first-order valence-corrected chi connectivity index (χ1v) is 7.31. The molecule has 2 N–H and O–H groups in total. The first-order chi connectivity index (χ1) is 7.20. The molecule has 0 amide bonds. The molecule has 1 saturated heterocycles. The maximum Gasteiger partial charge on any atom is 0.0558 e. The van der Waals surface area contributed by atoms with E-state index in [1.165, 1.54) is 16.2 Å². The van der Waals surface area contributed by atoms with Gasteiger partial charge in [-0.25, -0.2) is 0 Å². The fourth-order valence-corrected chi connectivity index (χ4v) is 4.26. The molecule has 1 aromatic rings. The van der Waals surface area contributed by atoms with E-state index < -0.39 is 0 Å². The maximum absolute atomic E-state index is 6.36. The molecule has 2 atom stereocenters. The third-order valence-corrected chi connectivity index (χ3v) is 5.23. The second-order valence-electron chi connectivity index (χ2n) is 4.12. The molecule has 15 heavy (non-hydrogen) atoms. The van der Waals surface area contributed by atoms with Crippen molar-refractivity contribution in [3.8, 4) is 0 Å². The molecule has 2 heterocycles. The molecule has 2 nitrogen and oxygen atoms in total. The summed E-state index contributed by atoms with van der Waals surface area (Å²) in [6.07, 6.45) is 0. The minimum absolute atomic E-state index is 0.183. The fraction of sp³-hybridized carbons (Fsp3) is 0.636. The van der Waals surface area contributed by atoms with E-state index in [0.717, 1.165) is 12.3 Å². The summed E-state index contributed by atoms with van der Waals surface area (Å²) in [6, 6.07) is 2.85. The van der Waals surface area contributed by atoms with Crippen LogP contribution in [-0.2, 0) is 0 Å². The summed E-state index contributed by atoms with van der Waals surface area (Å²) in [5.41, 5.74) is 7.70. The Morgan fingerprint density at radius 2 is 2.40 bits per heavy atom. The molecule has 0 radical (unpaired) electrons. The zero-order valence-electron chi connectivity index (χ0n) is 9.27. The van der Waals surface area contributed by atoms with E-state index in [1.54, 1.807) is 11.3 Å². The fourth-order valence-electron chi connectivity index (χ4n) is 1.98.